The van der Waals surface area contributed by atoms with E-state index in [0.29, 0.717) is 43.4 Å². The van der Waals surface area contributed by atoms with Gasteiger partial charge in [0.1, 0.15) is 19.0 Å². The molecule has 0 aromatic heterocycles. The van der Waals surface area contributed by atoms with E-state index in [1.54, 1.807) is 18.2 Å². The van der Waals surface area contributed by atoms with Gasteiger partial charge >= 0.3 is 0 Å². The first kappa shape index (κ1) is 21.0. The molecule has 2 aromatic carbocycles. The van der Waals surface area contributed by atoms with E-state index in [2.05, 4.69) is 15.9 Å². The number of rotatable bonds is 4. The van der Waals surface area contributed by atoms with Crippen LogP contribution in [0.4, 0.5) is 0 Å². The summed E-state index contributed by atoms with van der Waals surface area (Å²) in [6.07, 6.45) is 1.63. The number of likely N-dealkylation sites (tertiary alicyclic amines) is 1. The van der Waals surface area contributed by atoms with E-state index in [9.17, 15) is 14.7 Å². The number of carbonyl (C=O) groups excluding carboxylic acids is 2. The maximum absolute atomic E-state index is 13.1. The summed E-state index contributed by atoms with van der Waals surface area (Å²) >= 11 is 3.42. The number of ether oxygens (including phenoxy) is 3. The Bertz CT molecular complexity index is 1090. The Morgan fingerprint density at radius 2 is 1.78 bits per heavy atom. The highest BCUT2D eigenvalue weighted by atomic mass is 79.9. The van der Waals surface area contributed by atoms with E-state index >= 15 is 0 Å². The van der Waals surface area contributed by atoms with E-state index < -0.39 is 17.7 Å². The second-order valence-electron chi connectivity index (χ2n) is 8.00. The lowest BCUT2D eigenvalue weighted by Crippen LogP contribution is -2.36. The Morgan fingerprint density at radius 1 is 1.03 bits per heavy atom. The van der Waals surface area contributed by atoms with Gasteiger partial charge in [-0.05, 0) is 48.7 Å². The minimum absolute atomic E-state index is 0.0620. The second-order valence-corrected chi connectivity index (χ2v) is 8.91. The first-order valence-corrected chi connectivity index (χ1v) is 11.4. The summed E-state index contributed by atoms with van der Waals surface area (Å²) in [6, 6.07) is 11.7. The van der Waals surface area contributed by atoms with Gasteiger partial charge in [-0.2, -0.15) is 0 Å². The van der Waals surface area contributed by atoms with Crippen LogP contribution in [0.15, 0.2) is 52.5 Å². The zero-order valence-corrected chi connectivity index (χ0v) is 18.8. The Balaban J connectivity index is 1.60. The third-order valence-electron chi connectivity index (χ3n) is 5.97. The molecular formula is C24H22BrNO6. The zero-order valence-electron chi connectivity index (χ0n) is 17.3. The lowest BCUT2D eigenvalue weighted by atomic mass is 9.95. The first-order valence-electron chi connectivity index (χ1n) is 10.6. The van der Waals surface area contributed by atoms with Crippen molar-refractivity contribution >= 4 is 33.4 Å². The summed E-state index contributed by atoms with van der Waals surface area (Å²) in [7, 11) is 0. The number of halogens is 1. The van der Waals surface area contributed by atoms with Gasteiger partial charge in [0.2, 0.25) is 0 Å². The minimum Gasteiger partial charge on any atom is -0.507 e. The van der Waals surface area contributed by atoms with Crippen molar-refractivity contribution in [2.24, 2.45) is 0 Å². The average molecular weight is 500 g/mol. The van der Waals surface area contributed by atoms with Crippen molar-refractivity contribution in [1.82, 2.24) is 4.90 Å². The molecule has 2 fully saturated rings. The monoisotopic (exact) mass is 499 g/mol. The van der Waals surface area contributed by atoms with E-state index in [1.807, 2.05) is 24.3 Å². The van der Waals surface area contributed by atoms with E-state index in [4.69, 9.17) is 14.2 Å². The third-order valence-corrected chi connectivity index (χ3v) is 6.49. The van der Waals surface area contributed by atoms with Crippen LogP contribution in [0.2, 0.25) is 0 Å². The van der Waals surface area contributed by atoms with Crippen LogP contribution < -0.4 is 9.47 Å². The maximum atomic E-state index is 13.1. The van der Waals surface area contributed by atoms with Crippen molar-refractivity contribution in [3.8, 4) is 11.5 Å². The quantitative estimate of drug-likeness (QED) is 0.391. The molecule has 8 heteroatoms. The van der Waals surface area contributed by atoms with Crippen LogP contribution in [0.3, 0.4) is 0 Å². The van der Waals surface area contributed by atoms with Crippen molar-refractivity contribution in [2.45, 2.75) is 25.0 Å². The fourth-order valence-electron chi connectivity index (χ4n) is 4.41. The third kappa shape index (κ3) is 3.78. The molecule has 2 saturated heterocycles. The number of benzene rings is 2. The minimum atomic E-state index is -0.708. The molecule has 2 atom stereocenters. The van der Waals surface area contributed by atoms with E-state index in [0.717, 1.165) is 22.9 Å². The van der Waals surface area contributed by atoms with Gasteiger partial charge in [-0.1, -0.05) is 28.1 Å². The number of aliphatic hydroxyl groups is 1. The standard InChI is InChI=1S/C24H22BrNO6/c25-16-6-3-14(4-7-16)21-20(23(28)24(29)26(21)13-17-2-1-9-30-17)22(27)15-5-8-18-19(12-15)32-11-10-31-18/h3-8,12,17,21,27H,1-2,9-11,13H2. The molecule has 2 unspecified atom stereocenters. The van der Waals surface area contributed by atoms with Gasteiger partial charge < -0.3 is 24.2 Å². The number of aliphatic hydroxyl groups excluding tert-OH is 1. The van der Waals surface area contributed by atoms with Gasteiger partial charge in [-0.25, -0.2) is 0 Å². The summed E-state index contributed by atoms with van der Waals surface area (Å²) in [6.45, 7) is 1.80. The van der Waals surface area contributed by atoms with Crippen LogP contribution >= 0.6 is 15.9 Å². The van der Waals surface area contributed by atoms with Crippen molar-refractivity contribution in [3.05, 3.63) is 63.6 Å². The molecule has 5 rings (SSSR count). The molecule has 0 saturated carbocycles. The SMILES string of the molecule is O=C1C(=O)N(CC2CCCO2)C(c2ccc(Br)cc2)C1=C(O)c1ccc2c(c1)OCCO2. The zero-order chi connectivity index (χ0) is 22.2. The average Bonchev–Trinajstić information content (AvgIpc) is 3.41. The molecule has 2 aromatic rings. The molecular weight excluding hydrogens is 478 g/mol. The number of carbonyl (C=O) groups is 2. The molecule has 7 nitrogen and oxygen atoms in total. The molecule has 1 N–H and O–H groups in total. The molecule has 32 heavy (non-hydrogen) atoms. The number of ketones is 1. The topological polar surface area (TPSA) is 85.3 Å². The second kappa shape index (κ2) is 8.60. The smallest absolute Gasteiger partial charge is 0.295 e. The van der Waals surface area contributed by atoms with Crippen LogP contribution in [-0.4, -0.2) is 54.2 Å². The predicted octanol–water partition coefficient (Wildman–Crippen LogP) is 3.82. The molecule has 0 radical (unpaired) electrons. The van der Waals surface area contributed by atoms with Crippen LogP contribution in [-0.2, 0) is 14.3 Å². The van der Waals surface area contributed by atoms with Crippen molar-refractivity contribution in [1.29, 1.82) is 0 Å². The van der Waals surface area contributed by atoms with Crippen molar-refractivity contribution < 1.29 is 28.9 Å². The Labute approximate surface area is 193 Å². The highest BCUT2D eigenvalue weighted by Crippen LogP contribution is 2.41. The lowest BCUT2D eigenvalue weighted by Gasteiger charge is -2.27. The molecule has 0 spiro atoms. The molecule has 3 aliphatic rings. The van der Waals surface area contributed by atoms with Gasteiger partial charge in [0.05, 0.1) is 17.7 Å². The summed E-state index contributed by atoms with van der Waals surface area (Å²) in [5.41, 5.74) is 1.20. The normalized spacial score (nSPS) is 24.2. The van der Waals surface area contributed by atoms with Crippen molar-refractivity contribution in [2.75, 3.05) is 26.4 Å². The van der Waals surface area contributed by atoms with Crippen LogP contribution in [0, 0.1) is 0 Å². The van der Waals surface area contributed by atoms with Gasteiger partial charge in [-0.15, -0.1) is 0 Å². The number of hydrogen-bond donors (Lipinski definition) is 1. The lowest BCUT2D eigenvalue weighted by molar-refractivity contribution is -0.140. The van der Waals surface area contributed by atoms with E-state index in [-0.39, 0.29) is 17.4 Å². The summed E-state index contributed by atoms with van der Waals surface area (Å²) < 4.78 is 17.8. The number of hydrogen-bond acceptors (Lipinski definition) is 6. The molecule has 166 valence electrons. The fraction of sp³-hybridized carbons (Fsp3) is 0.333. The largest absolute Gasteiger partial charge is 0.507 e. The summed E-state index contributed by atoms with van der Waals surface area (Å²) in [4.78, 5) is 27.7. The molecule has 3 heterocycles. The van der Waals surface area contributed by atoms with E-state index in [1.165, 1.54) is 4.90 Å². The molecule has 0 aliphatic carbocycles. The Kier molecular flexibility index (Phi) is 5.65. The molecule has 1 amide bonds. The highest BCUT2D eigenvalue weighted by Gasteiger charge is 2.47. The summed E-state index contributed by atoms with van der Waals surface area (Å²) in [5.74, 6) is -0.496. The highest BCUT2D eigenvalue weighted by molar-refractivity contribution is 9.10. The van der Waals surface area contributed by atoms with Gasteiger partial charge in [0.25, 0.3) is 11.7 Å². The van der Waals surface area contributed by atoms with Gasteiger partial charge in [0.15, 0.2) is 11.5 Å². The van der Waals surface area contributed by atoms with Crippen LogP contribution in [0.25, 0.3) is 5.76 Å². The first-order chi connectivity index (χ1) is 15.5. The Hall–Kier alpha value is -2.84. The maximum Gasteiger partial charge on any atom is 0.295 e. The van der Waals surface area contributed by atoms with Crippen molar-refractivity contribution in [3.63, 3.8) is 0 Å². The van der Waals surface area contributed by atoms with Crippen LogP contribution in [0.5, 0.6) is 11.5 Å². The van der Waals surface area contributed by atoms with Gasteiger partial charge in [0, 0.05) is 23.2 Å². The Morgan fingerprint density at radius 3 is 2.50 bits per heavy atom. The molecule has 3 aliphatic heterocycles. The number of amides is 1. The number of fused-ring (bicyclic) bond motifs is 1. The van der Waals surface area contributed by atoms with Gasteiger partial charge in [-0.3, -0.25) is 9.59 Å². The predicted molar refractivity (Wildman–Crippen MR) is 120 cm³/mol. The number of nitrogens with zero attached hydrogens (tertiary/aromatic N) is 1. The number of Topliss-reactive ketones (excluding diaryl/α,β-unsaturated/α-hetero) is 1. The van der Waals surface area contributed by atoms with Crippen LogP contribution in [0.1, 0.15) is 30.0 Å². The fourth-order valence-corrected chi connectivity index (χ4v) is 4.68. The summed E-state index contributed by atoms with van der Waals surface area (Å²) in [5, 5.41) is 11.2. The molecule has 0 bridgehead atoms.